The Bertz CT molecular complexity index is 1240. The van der Waals surface area contributed by atoms with Crippen LogP contribution in [0, 0.1) is 34.5 Å². The Labute approximate surface area is 241 Å². The molecule has 5 fully saturated rings. The van der Waals surface area contributed by atoms with Gasteiger partial charge in [-0.25, -0.2) is 4.98 Å². The van der Waals surface area contributed by atoms with Crippen LogP contribution in [0.1, 0.15) is 71.6 Å². The number of thioether (sulfide) groups is 1. The van der Waals surface area contributed by atoms with Gasteiger partial charge in [0.15, 0.2) is 23.5 Å². The molecule has 0 bridgehead atoms. The lowest BCUT2D eigenvalue weighted by atomic mass is 9.46. The maximum absolute atomic E-state index is 14.5. The van der Waals surface area contributed by atoms with Gasteiger partial charge in [0, 0.05) is 28.9 Å². The van der Waals surface area contributed by atoms with Crippen molar-refractivity contribution in [3.63, 3.8) is 0 Å². The molecule has 0 radical (unpaired) electrons. The van der Waals surface area contributed by atoms with E-state index in [2.05, 4.69) is 18.8 Å². The van der Waals surface area contributed by atoms with Crippen LogP contribution in [-0.4, -0.2) is 51.5 Å². The van der Waals surface area contributed by atoms with Gasteiger partial charge in [0.1, 0.15) is 0 Å². The van der Waals surface area contributed by atoms with Crippen molar-refractivity contribution in [2.24, 2.45) is 34.5 Å². The Morgan fingerprint density at radius 1 is 1.18 bits per heavy atom. The van der Waals surface area contributed by atoms with Crippen molar-refractivity contribution in [2.75, 3.05) is 5.75 Å². The van der Waals surface area contributed by atoms with Crippen molar-refractivity contribution in [3.05, 3.63) is 48.2 Å². The van der Waals surface area contributed by atoms with Gasteiger partial charge in [-0.3, -0.25) is 9.59 Å². The Morgan fingerprint density at radius 2 is 2.00 bits per heavy atom. The summed E-state index contributed by atoms with van der Waals surface area (Å²) in [5.41, 5.74) is -0.796. The number of pyridine rings is 1. The van der Waals surface area contributed by atoms with Crippen molar-refractivity contribution in [3.8, 4) is 0 Å². The largest absolute Gasteiger partial charge is 0.393 e. The number of carbonyl (C=O) groups is 2. The number of carbonyl (C=O) groups excluding carboxylic acids is 2. The van der Waals surface area contributed by atoms with E-state index in [0.29, 0.717) is 12.3 Å². The summed E-state index contributed by atoms with van der Waals surface area (Å²) in [7, 11) is 0. The van der Waals surface area contributed by atoms with E-state index in [-0.39, 0.29) is 52.9 Å². The lowest BCUT2D eigenvalue weighted by molar-refractivity contribution is -0.207. The molecule has 0 amide bonds. The Morgan fingerprint density at radius 3 is 2.77 bits per heavy atom. The number of aliphatic hydroxyl groups is 1. The average Bonchev–Trinajstić information content (AvgIpc) is 3.46. The zero-order valence-electron chi connectivity index (χ0n) is 23.6. The molecule has 214 valence electrons. The summed E-state index contributed by atoms with van der Waals surface area (Å²) in [5.74, 6) is 1.16. The van der Waals surface area contributed by atoms with Gasteiger partial charge >= 0.3 is 0 Å². The molecule has 7 rings (SSSR count). The summed E-state index contributed by atoms with van der Waals surface area (Å²) in [6, 6.07) is 5.77. The number of rotatable bonds is 5. The molecule has 40 heavy (non-hydrogen) atoms. The minimum absolute atomic E-state index is 0.0120. The first-order valence-corrected chi connectivity index (χ1v) is 16.3. The molecule has 4 saturated carbocycles. The second-order valence-corrected chi connectivity index (χ2v) is 14.6. The molecule has 1 aliphatic heterocycles. The molecule has 1 aromatic rings. The van der Waals surface area contributed by atoms with Gasteiger partial charge in [-0.2, -0.15) is 0 Å². The molecule has 1 aromatic heterocycles. The Hall–Kier alpha value is -1.80. The van der Waals surface area contributed by atoms with Crippen molar-refractivity contribution in [2.45, 2.75) is 101 Å². The predicted octanol–water partition coefficient (Wildman–Crippen LogP) is 5.69. The fourth-order valence-electron chi connectivity index (χ4n) is 9.89. The summed E-state index contributed by atoms with van der Waals surface area (Å²) in [6.45, 7) is 4.40. The molecular formula is C33H41NO5S. The molecule has 6 aliphatic rings. The number of aliphatic hydroxyl groups excluding tert-OH is 1. The molecule has 2 heterocycles. The molecule has 6 nitrogen and oxygen atoms in total. The molecule has 0 spiro atoms. The third kappa shape index (κ3) is 3.90. The van der Waals surface area contributed by atoms with Gasteiger partial charge in [0.25, 0.3) is 0 Å². The third-order valence-electron chi connectivity index (χ3n) is 11.7. The van der Waals surface area contributed by atoms with Gasteiger partial charge in [0.2, 0.25) is 0 Å². The highest BCUT2D eigenvalue weighted by atomic mass is 32.2. The van der Waals surface area contributed by atoms with E-state index in [1.54, 1.807) is 18.3 Å². The van der Waals surface area contributed by atoms with E-state index in [9.17, 15) is 14.7 Å². The summed E-state index contributed by atoms with van der Waals surface area (Å²) >= 11 is 1.46. The number of Topliss-reactive ketones (excluding diaryl/α,β-unsaturated/α-hetero) is 1. The predicted molar refractivity (Wildman–Crippen MR) is 152 cm³/mol. The number of fused-ring (bicyclic) bond motifs is 7. The van der Waals surface area contributed by atoms with Gasteiger partial charge in [-0.05, 0) is 74.6 Å². The number of aromatic nitrogens is 1. The summed E-state index contributed by atoms with van der Waals surface area (Å²) in [6.07, 6.45) is 14.8. The van der Waals surface area contributed by atoms with E-state index in [4.69, 9.17) is 9.47 Å². The fraction of sp³-hybridized carbons (Fsp3) is 0.667. The quantitative estimate of drug-likeness (QED) is 0.461. The fourth-order valence-corrected chi connectivity index (χ4v) is 10.7. The van der Waals surface area contributed by atoms with Crippen LogP contribution >= 0.6 is 11.8 Å². The van der Waals surface area contributed by atoms with Crippen molar-refractivity contribution >= 4 is 23.3 Å². The van der Waals surface area contributed by atoms with Crippen molar-refractivity contribution in [1.82, 2.24) is 4.98 Å². The lowest BCUT2D eigenvalue weighted by Crippen LogP contribution is -2.63. The van der Waals surface area contributed by atoms with Crippen LogP contribution in [0.2, 0.25) is 0 Å². The standard InChI is InChI=1S/C33H41NO5S/c1-31-14-13-22(35)16-21(31)11-12-23-24-17-27-33(32(24,2)18-25(36)29(23)31,26(37)19-40-28-10-6-7-15-34-28)39-30(38-27)20-8-4-3-5-9-20/h6-7,10,13-16,20,23-25,27,29-30,36H,3-5,8-9,11-12,17-19H2,1-2H3/t23-,24-,25-,27+,29+,30+,31-,32-,33+/m0/s1. The number of hydrogen-bond acceptors (Lipinski definition) is 7. The van der Waals surface area contributed by atoms with E-state index in [1.807, 2.05) is 24.3 Å². The number of ketones is 2. The molecular weight excluding hydrogens is 522 g/mol. The maximum atomic E-state index is 14.5. The summed E-state index contributed by atoms with van der Waals surface area (Å²) in [5, 5.41) is 12.8. The van der Waals surface area contributed by atoms with Crippen LogP contribution in [0.15, 0.2) is 53.2 Å². The molecule has 7 heteroatoms. The van der Waals surface area contributed by atoms with E-state index in [0.717, 1.165) is 42.7 Å². The first-order valence-electron chi connectivity index (χ1n) is 15.3. The Balaban J connectivity index is 1.24. The molecule has 9 atom stereocenters. The third-order valence-corrected chi connectivity index (χ3v) is 12.6. The zero-order valence-corrected chi connectivity index (χ0v) is 24.4. The molecule has 0 aromatic carbocycles. The second kappa shape index (κ2) is 9.89. The number of ether oxygens (including phenoxy) is 2. The zero-order chi connectivity index (χ0) is 27.7. The normalized spacial score (nSPS) is 44.4. The number of nitrogens with zero attached hydrogens (tertiary/aromatic N) is 1. The highest BCUT2D eigenvalue weighted by Gasteiger charge is 2.76. The van der Waals surface area contributed by atoms with E-state index in [1.165, 1.54) is 31.0 Å². The van der Waals surface area contributed by atoms with Crippen LogP contribution in [-0.2, 0) is 19.1 Å². The monoisotopic (exact) mass is 563 g/mol. The topological polar surface area (TPSA) is 85.7 Å². The Kier molecular flexibility index (Phi) is 6.69. The molecule has 0 unspecified atom stereocenters. The number of allylic oxidation sites excluding steroid dienone is 4. The SMILES string of the molecule is C[C@]12C=CC(=O)C=C1CC[C@@H]1[C@@H]2[C@@H](O)C[C@@]2(C)[C@H]1C[C@H]1O[C@@H](C3CCCCC3)O[C@]12C(=O)CSc1ccccn1. The van der Waals surface area contributed by atoms with Gasteiger partial charge in [-0.15, -0.1) is 0 Å². The summed E-state index contributed by atoms with van der Waals surface area (Å²) in [4.78, 5) is 31.1. The van der Waals surface area contributed by atoms with Gasteiger partial charge in [0.05, 0.1) is 23.0 Å². The molecule has 1 saturated heterocycles. The van der Waals surface area contributed by atoms with Crippen molar-refractivity contribution < 1.29 is 24.2 Å². The van der Waals surface area contributed by atoms with Gasteiger partial charge < -0.3 is 14.6 Å². The van der Waals surface area contributed by atoms with Crippen molar-refractivity contribution in [1.29, 1.82) is 0 Å². The van der Waals surface area contributed by atoms with Crippen LogP contribution in [0.4, 0.5) is 0 Å². The second-order valence-electron chi connectivity index (χ2n) is 13.6. The molecule has 5 aliphatic carbocycles. The highest BCUT2D eigenvalue weighted by Crippen LogP contribution is 2.70. The average molecular weight is 564 g/mol. The smallest absolute Gasteiger partial charge is 0.178 e. The van der Waals surface area contributed by atoms with Crippen LogP contribution < -0.4 is 0 Å². The first-order chi connectivity index (χ1) is 19.3. The highest BCUT2D eigenvalue weighted by molar-refractivity contribution is 7.99. The van der Waals surface area contributed by atoms with Crippen LogP contribution in [0.5, 0.6) is 0 Å². The maximum Gasteiger partial charge on any atom is 0.178 e. The number of hydrogen-bond donors (Lipinski definition) is 1. The minimum Gasteiger partial charge on any atom is -0.393 e. The van der Waals surface area contributed by atoms with Crippen LogP contribution in [0.3, 0.4) is 0 Å². The van der Waals surface area contributed by atoms with E-state index < -0.39 is 17.1 Å². The van der Waals surface area contributed by atoms with E-state index >= 15 is 0 Å². The lowest BCUT2D eigenvalue weighted by Gasteiger charge is -2.59. The summed E-state index contributed by atoms with van der Waals surface area (Å²) < 4.78 is 13.8. The van der Waals surface area contributed by atoms with Gasteiger partial charge in [-0.1, -0.05) is 62.6 Å². The van der Waals surface area contributed by atoms with Crippen LogP contribution in [0.25, 0.3) is 0 Å². The minimum atomic E-state index is -1.07. The molecule has 1 N–H and O–H groups in total. The first kappa shape index (κ1) is 27.1.